The molecule has 4 N–H and O–H groups in total. The number of aromatic nitrogens is 1. The van der Waals surface area contributed by atoms with Gasteiger partial charge < -0.3 is 25.9 Å². The number of hydrogen-bond acceptors (Lipinski definition) is 10. The van der Waals surface area contributed by atoms with Gasteiger partial charge in [-0.05, 0) is 30.2 Å². The second-order valence-corrected chi connectivity index (χ2v) is 10.1. The normalized spacial score (nSPS) is 22.4. The average molecular weight is 541 g/mol. The molecule has 2 atom stereocenters. The Bertz CT molecular complexity index is 1370. The van der Waals surface area contributed by atoms with Gasteiger partial charge in [0.2, 0.25) is 0 Å². The van der Waals surface area contributed by atoms with Crippen molar-refractivity contribution in [2.24, 2.45) is 5.16 Å². The van der Waals surface area contributed by atoms with E-state index >= 15 is 0 Å². The molecule has 2 fully saturated rings. The van der Waals surface area contributed by atoms with Gasteiger partial charge in [0, 0.05) is 23.6 Å². The number of rotatable bonds is 7. The number of carboxylic acids is 1. The van der Waals surface area contributed by atoms with Crippen molar-refractivity contribution < 1.29 is 29.1 Å². The third-order valence-corrected chi connectivity index (χ3v) is 7.81. The number of nitrogens with one attached hydrogen (secondary N) is 1. The lowest BCUT2D eigenvalue weighted by Gasteiger charge is -2.49. The first-order valence-corrected chi connectivity index (χ1v) is 13.0. The highest BCUT2D eigenvalue weighted by atomic mass is 32.2. The van der Waals surface area contributed by atoms with Crippen molar-refractivity contribution in [2.45, 2.75) is 17.8 Å². The van der Waals surface area contributed by atoms with Crippen molar-refractivity contribution in [3.05, 3.63) is 58.6 Å². The van der Waals surface area contributed by atoms with Gasteiger partial charge in [0.05, 0.1) is 5.38 Å². The molecule has 0 saturated carbocycles. The molecule has 3 aliphatic rings. The number of allylic oxidation sites excluding steroid dienone is 1. The summed E-state index contributed by atoms with van der Waals surface area (Å²) in [6.07, 6.45) is 2.89. The number of oxime groups is 1. The number of nitrogen functional groups attached to an aromatic ring is 1. The van der Waals surface area contributed by atoms with Gasteiger partial charge in [-0.2, -0.15) is 4.98 Å². The van der Waals surface area contributed by atoms with E-state index in [0.29, 0.717) is 24.1 Å². The maximum atomic E-state index is 13.0. The molecular formula is C23H20N6O6S2. The number of hydrogen-bond donors (Lipinski definition) is 3. The molecule has 4 heterocycles. The van der Waals surface area contributed by atoms with E-state index in [1.807, 2.05) is 30.3 Å². The molecule has 1 aromatic heterocycles. The van der Waals surface area contributed by atoms with Crippen molar-refractivity contribution >= 4 is 63.8 Å². The van der Waals surface area contributed by atoms with E-state index in [1.54, 1.807) is 11.0 Å². The zero-order valence-electron chi connectivity index (χ0n) is 19.1. The zero-order valence-corrected chi connectivity index (χ0v) is 20.7. The maximum Gasteiger partial charge on any atom is 0.352 e. The van der Waals surface area contributed by atoms with Crippen LogP contribution in [0.3, 0.4) is 0 Å². The molecule has 0 bridgehead atoms. The van der Waals surface area contributed by atoms with Crippen LogP contribution in [-0.2, 0) is 19.2 Å². The third kappa shape index (κ3) is 4.80. The average Bonchev–Trinajstić information content (AvgIpc) is 3.47. The number of amides is 3. The lowest BCUT2D eigenvalue weighted by atomic mass is 10.0. The molecular weight excluding hydrogens is 520 g/mol. The number of aliphatic carboxylic acids is 1. The first-order chi connectivity index (χ1) is 17.8. The highest BCUT2D eigenvalue weighted by Crippen LogP contribution is 2.41. The lowest BCUT2D eigenvalue weighted by molar-refractivity contribution is -0.150. The zero-order chi connectivity index (χ0) is 26.1. The molecule has 0 spiro atoms. The molecule has 14 heteroatoms. The van der Waals surface area contributed by atoms with E-state index in [0.717, 1.165) is 28.1 Å². The SMILES string of the molecule is Nc1nc(O/N=C/C(=O)NC2C(=O)N3C(C(=O)O)=C(/C=C4\CCN(c5ccccc5)C4=O)CSC23)cs1. The van der Waals surface area contributed by atoms with Gasteiger partial charge >= 0.3 is 5.97 Å². The van der Waals surface area contributed by atoms with Crippen LogP contribution in [-0.4, -0.2) is 68.6 Å². The van der Waals surface area contributed by atoms with Crippen LogP contribution in [0.4, 0.5) is 10.8 Å². The summed E-state index contributed by atoms with van der Waals surface area (Å²) in [6.45, 7) is 0.484. The highest BCUT2D eigenvalue weighted by Gasteiger charge is 2.54. The molecule has 3 aliphatic heterocycles. The topological polar surface area (TPSA) is 168 Å². The van der Waals surface area contributed by atoms with Crippen molar-refractivity contribution in [2.75, 3.05) is 22.9 Å². The monoisotopic (exact) mass is 540 g/mol. The van der Waals surface area contributed by atoms with Gasteiger partial charge in [0.15, 0.2) is 5.13 Å². The number of nitrogens with two attached hydrogens (primary N) is 1. The molecule has 5 rings (SSSR count). The second-order valence-electron chi connectivity index (χ2n) is 8.14. The third-order valence-electron chi connectivity index (χ3n) is 5.86. The Morgan fingerprint density at radius 3 is 2.76 bits per heavy atom. The van der Waals surface area contributed by atoms with Crippen LogP contribution in [0.1, 0.15) is 6.42 Å². The Morgan fingerprint density at radius 1 is 1.27 bits per heavy atom. The summed E-state index contributed by atoms with van der Waals surface area (Å²) in [4.78, 5) is 61.7. The Balaban J connectivity index is 1.27. The standard InChI is InChI=1S/C23H20N6O6S2/c24-23-27-16(11-37-23)35-25-9-15(30)26-17-20(32)29-18(22(33)34)13(10-36-21(17)29)8-12-6-7-28(19(12)31)14-4-2-1-3-5-14/h1-5,8-9,11,17,21H,6-7,10H2,(H2,24,27)(H,26,30)(H,33,34)/b12-8+,25-9+. The number of fused-ring (bicyclic) bond motifs is 1. The summed E-state index contributed by atoms with van der Waals surface area (Å²) >= 11 is 2.45. The largest absolute Gasteiger partial charge is 0.477 e. The number of benzene rings is 1. The van der Waals surface area contributed by atoms with Gasteiger partial charge in [0.1, 0.15) is 23.3 Å². The predicted molar refractivity (Wildman–Crippen MR) is 137 cm³/mol. The molecule has 0 aliphatic carbocycles. The summed E-state index contributed by atoms with van der Waals surface area (Å²) in [6, 6.07) is 8.29. The molecule has 190 valence electrons. The van der Waals surface area contributed by atoms with E-state index < -0.39 is 29.2 Å². The Hall–Kier alpha value is -4.17. The van der Waals surface area contributed by atoms with E-state index in [4.69, 9.17) is 10.6 Å². The van der Waals surface area contributed by atoms with Crippen molar-refractivity contribution in [1.82, 2.24) is 15.2 Å². The lowest BCUT2D eigenvalue weighted by Crippen LogP contribution is -2.70. The summed E-state index contributed by atoms with van der Waals surface area (Å²) in [5.74, 6) is -2.34. The van der Waals surface area contributed by atoms with Crippen LogP contribution in [0.25, 0.3) is 0 Å². The number of β-lactam (4-membered cyclic amide) rings is 1. The number of nitrogens with zero attached hydrogens (tertiary/aromatic N) is 4. The van der Waals surface area contributed by atoms with Crippen molar-refractivity contribution in [1.29, 1.82) is 0 Å². The van der Waals surface area contributed by atoms with Crippen molar-refractivity contribution in [3.8, 4) is 5.88 Å². The molecule has 2 saturated heterocycles. The number of carbonyl (C=O) groups is 4. The van der Waals surface area contributed by atoms with Crippen LogP contribution in [0, 0.1) is 0 Å². The molecule has 1 aromatic carbocycles. The first-order valence-electron chi connectivity index (χ1n) is 11.0. The fraction of sp³-hybridized carbons (Fsp3) is 0.217. The summed E-state index contributed by atoms with van der Waals surface area (Å²) in [7, 11) is 0. The van der Waals surface area contributed by atoms with Gasteiger partial charge in [-0.1, -0.05) is 23.4 Å². The highest BCUT2D eigenvalue weighted by molar-refractivity contribution is 8.00. The fourth-order valence-electron chi connectivity index (χ4n) is 4.20. The van der Waals surface area contributed by atoms with E-state index in [-0.39, 0.29) is 28.4 Å². The van der Waals surface area contributed by atoms with Crippen LogP contribution >= 0.6 is 23.1 Å². The molecule has 12 nitrogen and oxygen atoms in total. The first kappa shape index (κ1) is 24.5. The molecule has 3 amide bonds. The number of anilines is 2. The number of carbonyl (C=O) groups excluding carboxylic acids is 3. The van der Waals surface area contributed by atoms with Crippen molar-refractivity contribution in [3.63, 3.8) is 0 Å². The summed E-state index contributed by atoms with van der Waals surface area (Å²) in [5, 5.41) is 17.1. The van der Waals surface area contributed by atoms with Crippen LogP contribution < -0.4 is 20.8 Å². The summed E-state index contributed by atoms with van der Waals surface area (Å²) < 4.78 is 0. The molecule has 2 unspecified atom stereocenters. The van der Waals surface area contributed by atoms with Crippen LogP contribution in [0.2, 0.25) is 0 Å². The number of thioether (sulfide) groups is 1. The Labute approximate surface area is 218 Å². The van der Waals surface area contributed by atoms with Crippen LogP contribution in [0.5, 0.6) is 5.88 Å². The maximum absolute atomic E-state index is 13.0. The minimum atomic E-state index is -1.28. The predicted octanol–water partition coefficient (Wildman–Crippen LogP) is 1.19. The minimum Gasteiger partial charge on any atom is -0.477 e. The molecule has 2 aromatic rings. The van der Waals surface area contributed by atoms with Gasteiger partial charge in [-0.25, -0.2) is 4.79 Å². The fourth-order valence-corrected chi connectivity index (χ4v) is 5.97. The molecule has 37 heavy (non-hydrogen) atoms. The number of thiazole rings is 1. The number of carboxylic acid groups (broad SMARTS) is 1. The Morgan fingerprint density at radius 2 is 2.05 bits per heavy atom. The van der Waals surface area contributed by atoms with Crippen LogP contribution in [0.15, 0.2) is 63.8 Å². The van der Waals surface area contributed by atoms with E-state index in [1.165, 1.54) is 17.1 Å². The second kappa shape index (κ2) is 10.1. The van der Waals surface area contributed by atoms with Gasteiger partial charge in [-0.3, -0.25) is 19.3 Å². The summed E-state index contributed by atoms with van der Waals surface area (Å²) in [5.41, 5.74) is 6.93. The smallest absolute Gasteiger partial charge is 0.352 e. The number of para-hydroxylation sites is 1. The quantitative estimate of drug-likeness (QED) is 0.202. The minimum absolute atomic E-state index is 0.130. The molecule has 0 radical (unpaired) electrons. The van der Waals surface area contributed by atoms with E-state index in [9.17, 15) is 24.3 Å². The van der Waals surface area contributed by atoms with Gasteiger partial charge in [0.25, 0.3) is 23.6 Å². The Kier molecular flexibility index (Phi) is 6.67. The van der Waals surface area contributed by atoms with E-state index in [2.05, 4.69) is 15.5 Å². The van der Waals surface area contributed by atoms with Gasteiger partial charge in [-0.15, -0.1) is 23.1 Å².